The third kappa shape index (κ3) is 3.09. The lowest BCUT2D eigenvalue weighted by atomic mass is 9.81. The van der Waals surface area contributed by atoms with E-state index >= 15 is 0 Å². The summed E-state index contributed by atoms with van der Waals surface area (Å²) in [5, 5.41) is 0. The van der Waals surface area contributed by atoms with Crippen molar-refractivity contribution in [2.45, 2.75) is 26.1 Å². The zero-order valence-corrected chi connectivity index (χ0v) is 11.2. The predicted molar refractivity (Wildman–Crippen MR) is 64.1 cm³/mol. The lowest BCUT2D eigenvalue weighted by molar-refractivity contribution is -0.152. The van der Waals surface area contributed by atoms with E-state index in [4.69, 9.17) is 5.73 Å². The number of hydrogen-bond donors (Lipinski definition) is 1. The van der Waals surface area contributed by atoms with Crippen molar-refractivity contribution in [1.82, 2.24) is 0 Å². The second-order valence-corrected chi connectivity index (χ2v) is 4.93. The van der Waals surface area contributed by atoms with E-state index in [0.29, 0.717) is 12.1 Å². The quantitative estimate of drug-likeness (QED) is 0.688. The summed E-state index contributed by atoms with van der Waals surface area (Å²) in [5.74, 6) is -2.06. The van der Waals surface area contributed by atoms with E-state index in [1.807, 2.05) is 0 Å². The Kier molecular flexibility index (Phi) is 4.43. The van der Waals surface area contributed by atoms with E-state index in [1.165, 1.54) is 21.0 Å². The molecule has 1 rings (SSSR count). The van der Waals surface area contributed by atoms with Gasteiger partial charge in [-0.05, 0) is 31.5 Å². The fraction of sp³-hybridized carbons (Fsp3) is 0.462. The van der Waals surface area contributed by atoms with Crippen molar-refractivity contribution in [3.63, 3.8) is 0 Å². The Balaban J connectivity index is 3.17. The first-order chi connectivity index (χ1) is 9.01. The van der Waals surface area contributed by atoms with Crippen LogP contribution in [0.15, 0.2) is 18.2 Å². The Bertz CT molecular complexity index is 512. The molecule has 0 aliphatic heterocycles. The van der Waals surface area contributed by atoms with Gasteiger partial charge in [-0.15, -0.1) is 0 Å². The molecule has 0 aliphatic carbocycles. The number of rotatable bonds is 3. The molecule has 2 N–H and O–H groups in total. The number of ether oxygens (including phenoxy) is 1. The van der Waals surface area contributed by atoms with Gasteiger partial charge in [-0.25, -0.2) is 4.39 Å². The molecule has 0 aromatic heterocycles. The minimum Gasteiger partial charge on any atom is -0.469 e. The monoisotopic (exact) mass is 293 g/mol. The lowest BCUT2D eigenvalue weighted by Crippen LogP contribution is -2.37. The molecule has 1 atom stereocenters. The fourth-order valence-corrected chi connectivity index (χ4v) is 1.76. The standard InChI is InChI=1S/C13H15F4NO2/c1-12(2,11(19)20-3)10(18)7-4-5-8(9(14)6-7)13(15,16)17/h4-6,10H,18H2,1-3H3/t10-/m1/s1. The molecule has 1 aromatic rings. The normalized spacial score (nSPS) is 14.0. The molecular weight excluding hydrogens is 278 g/mol. The molecular formula is C13H15F4NO2. The highest BCUT2D eigenvalue weighted by molar-refractivity contribution is 5.77. The number of carbonyl (C=O) groups excluding carboxylic acids is 1. The molecule has 0 spiro atoms. The van der Waals surface area contributed by atoms with Gasteiger partial charge in [0.1, 0.15) is 5.82 Å². The van der Waals surface area contributed by atoms with Crippen LogP contribution < -0.4 is 5.73 Å². The summed E-state index contributed by atoms with van der Waals surface area (Å²) in [5.41, 5.74) is 3.35. The summed E-state index contributed by atoms with van der Waals surface area (Å²) < 4.78 is 55.4. The predicted octanol–water partition coefficient (Wildman–Crippen LogP) is 3.04. The van der Waals surface area contributed by atoms with Gasteiger partial charge in [0.05, 0.1) is 18.1 Å². The van der Waals surface area contributed by atoms with Crippen LogP contribution in [0.5, 0.6) is 0 Å². The van der Waals surface area contributed by atoms with E-state index in [1.54, 1.807) is 0 Å². The van der Waals surface area contributed by atoms with Crippen molar-refractivity contribution in [2.75, 3.05) is 7.11 Å². The van der Waals surface area contributed by atoms with Gasteiger partial charge in [0, 0.05) is 6.04 Å². The van der Waals surface area contributed by atoms with Crippen LogP contribution in [-0.4, -0.2) is 13.1 Å². The molecule has 0 saturated heterocycles. The van der Waals surface area contributed by atoms with Crippen LogP contribution in [0, 0.1) is 11.2 Å². The number of benzene rings is 1. The van der Waals surface area contributed by atoms with Gasteiger partial charge in [-0.1, -0.05) is 6.07 Å². The van der Waals surface area contributed by atoms with Crippen molar-refractivity contribution < 1.29 is 27.1 Å². The highest BCUT2D eigenvalue weighted by Gasteiger charge is 2.38. The second kappa shape index (κ2) is 5.40. The summed E-state index contributed by atoms with van der Waals surface area (Å²) in [6, 6.07) is 1.36. The molecule has 20 heavy (non-hydrogen) atoms. The first-order valence-corrected chi connectivity index (χ1v) is 5.72. The number of alkyl halides is 3. The van der Waals surface area contributed by atoms with Crippen molar-refractivity contribution in [3.05, 3.63) is 35.1 Å². The summed E-state index contributed by atoms with van der Waals surface area (Å²) in [6.45, 7) is 2.94. The van der Waals surface area contributed by atoms with Crippen molar-refractivity contribution in [3.8, 4) is 0 Å². The van der Waals surface area contributed by atoms with Crippen molar-refractivity contribution >= 4 is 5.97 Å². The molecule has 7 heteroatoms. The third-order valence-corrected chi connectivity index (χ3v) is 3.15. The smallest absolute Gasteiger partial charge is 0.419 e. The largest absolute Gasteiger partial charge is 0.469 e. The van der Waals surface area contributed by atoms with Crippen molar-refractivity contribution in [1.29, 1.82) is 0 Å². The maximum atomic E-state index is 13.5. The highest BCUT2D eigenvalue weighted by Crippen LogP contribution is 2.36. The molecule has 0 saturated carbocycles. The molecule has 112 valence electrons. The van der Waals surface area contributed by atoms with Gasteiger partial charge in [-0.3, -0.25) is 4.79 Å². The van der Waals surface area contributed by atoms with E-state index < -0.39 is 35.0 Å². The Morgan fingerprint density at radius 3 is 2.25 bits per heavy atom. The van der Waals surface area contributed by atoms with E-state index in [-0.39, 0.29) is 5.56 Å². The topological polar surface area (TPSA) is 52.3 Å². The van der Waals surface area contributed by atoms with Gasteiger partial charge in [0.15, 0.2) is 0 Å². The van der Waals surface area contributed by atoms with Gasteiger partial charge in [0.2, 0.25) is 0 Å². The molecule has 3 nitrogen and oxygen atoms in total. The zero-order valence-electron chi connectivity index (χ0n) is 11.2. The zero-order chi connectivity index (χ0) is 15.7. The van der Waals surface area contributed by atoms with E-state index in [9.17, 15) is 22.4 Å². The van der Waals surface area contributed by atoms with Gasteiger partial charge in [-0.2, -0.15) is 13.2 Å². The third-order valence-electron chi connectivity index (χ3n) is 3.15. The van der Waals surface area contributed by atoms with Gasteiger partial charge >= 0.3 is 12.1 Å². The summed E-state index contributed by atoms with van der Waals surface area (Å²) in [7, 11) is 1.17. The summed E-state index contributed by atoms with van der Waals surface area (Å²) >= 11 is 0. The average Bonchev–Trinajstić information content (AvgIpc) is 2.34. The summed E-state index contributed by atoms with van der Waals surface area (Å²) in [6.07, 6.45) is -4.77. The molecule has 0 amide bonds. The van der Waals surface area contributed by atoms with Crippen LogP contribution in [0.25, 0.3) is 0 Å². The van der Waals surface area contributed by atoms with Gasteiger partial charge in [0.25, 0.3) is 0 Å². The van der Waals surface area contributed by atoms with E-state index in [0.717, 1.165) is 6.07 Å². The van der Waals surface area contributed by atoms with Crippen molar-refractivity contribution in [2.24, 2.45) is 11.1 Å². The Morgan fingerprint density at radius 1 is 1.30 bits per heavy atom. The number of nitrogens with two attached hydrogens (primary N) is 1. The maximum absolute atomic E-state index is 13.5. The lowest BCUT2D eigenvalue weighted by Gasteiger charge is -2.29. The molecule has 0 aliphatic rings. The first-order valence-electron chi connectivity index (χ1n) is 5.72. The SMILES string of the molecule is COC(=O)C(C)(C)[C@H](N)c1ccc(C(F)(F)F)c(F)c1. The number of halogens is 4. The van der Waals surface area contributed by atoms with E-state index in [2.05, 4.69) is 4.74 Å². The average molecular weight is 293 g/mol. The fourth-order valence-electron chi connectivity index (χ4n) is 1.76. The molecule has 0 bridgehead atoms. The summed E-state index contributed by atoms with van der Waals surface area (Å²) in [4.78, 5) is 11.6. The Labute approximate surface area is 113 Å². The number of hydrogen-bond acceptors (Lipinski definition) is 3. The number of esters is 1. The molecule has 0 fully saturated rings. The van der Waals surface area contributed by atoms with Crippen LogP contribution in [0.3, 0.4) is 0 Å². The van der Waals surface area contributed by atoms with Crippen LogP contribution in [0.2, 0.25) is 0 Å². The maximum Gasteiger partial charge on any atom is 0.419 e. The minimum absolute atomic E-state index is 0.0888. The number of carbonyl (C=O) groups is 1. The van der Waals surface area contributed by atoms with Gasteiger partial charge < -0.3 is 10.5 Å². The molecule has 0 unspecified atom stereocenters. The Hall–Kier alpha value is -1.63. The molecule has 0 radical (unpaired) electrons. The minimum atomic E-state index is -4.77. The van der Waals surface area contributed by atoms with Crippen LogP contribution in [0.1, 0.15) is 31.0 Å². The van der Waals surface area contributed by atoms with Crippen LogP contribution in [0.4, 0.5) is 17.6 Å². The number of methoxy groups -OCH3 is 1. The second-order valence-electron chi connectivity index (χ2n) is 4.93. The molecule has 0 heterocycles. The highest BCUT2D eigenvalue weighted by atomic mass is 19.4. The Morgan fingerprint density at radius 2 is 1.85 bits per heavy atom. The van der Waals surface area contributed by atoms with Crippen LogP contribution in [-0.2, 0) is 15.7 Å². The van der Waals surface area contributed by atoms with Crippen LogP contribution >= 0.6 is 0 Å². The molecule has 1 aromatic carbocycles. The first kappa shape index (κ1) is 16.4.